The molecule has 1 heterocycles. The molecule has 4 aromatic rings. The number of nitrogens with two attached hydrogens (primary N) is 1. The van der Waals surface area contributed by atoms with Crippen molar-refractivity contribution < 1.29 is 14.4 Å². The van der Waals surface area contributed by atoms with Crippen molar-refractivity contribution in [1.29, 1.82) is 0 Å². The van der Waals surface area contributed by atoms with Crippen molar-refractivity contribution in [2.45, 2.75) is 57.5 Å². The molecule has 2 atom stereocenters. The number of unbranched alkanes of at least 4 members (excludes halogenated alkanes) is 1. The van der Waals surface area contributed by atoms with Gasteiger partial charge in [0.15, 0.2) is 0 Å². The summed E-state index contributed by atoms with van der Waals surface area (Å²) < 4.78 is 0. The molecule has 0 fully saturated rings. The van der Waals surface area contributed by atoms with E-state index in [0.29, 0.717) is 38.8 Å². The zero-order valence-corrected chi connectivity index (χ0v) is 24.0. The van der Waals surface area contributed by atoms with Gasteiger partial charge in [0, 0.05) is 50.0 Å². The van der Waals surface area contributed by atoms with Crippen LogP contribution in [0.3, 0.4) is 0 Å². The molecule has 8 nitrogen and oxygen atoms in total. The van der Waals surface area contributed by atoms with Crippen molar-refractivity contribution in [2.24, 2.45) is 5.73 Å². The average Bonchev–Trinajstić information content (AvgIpc) is 3.40. The van der Waals surface area contributed by atoms with Crippen molar-refractivity contribution in [3.8, 4) is 0 Å². The number of rotatable bonds is 14. The number of para-hydroxylation sites is 1. The van der Waals surface area contributed by atoms with Crippen molar-refractivity contribution in [1.82, 2.24) is 20.5 Å². The van der Waals surface area contributed by atoms with Gasteiger partial charge in [-0.3, -0.25) is 14.4 Å². The second-order valence-electron chi connectivity index (χ2n) is 10.6. The van der Waals surface area contributed by atoms with Crippen LogP contribution in [0.4, 0.5) is 0 Å². The minimum Gasteiger partial charge on any atom is -0.361 e. The zero-order valence-electron chi connectivity index (χ0n) is 24.0. The molecule has 5 N–H and O–H groups in total. The first kappa shape index (κ1) is 29.8. The van der Waals surface area contributed by atoms with Crippen LogP contribution in [0.2, 0.25) is 0 Å². The lowest BCUT2D eigenvalue weighted by molar-refractivity contribution is -0.140. The minimum absolute atomic E-state index is 0.0923. The lowest BCUT2D eigenvalue weighted by atomic mass is 9.99. The van der Waals surface area contributed by atoms with E-state index in [2.05, 4.69) is 15.6 Å². The van der Waals surface area contributed by atoms with Crippen LogP contribution >= 0.6 is 0 Å². The highest BCUT2D eigenvalue weighted by Crippen LogP contribution is 2.22. The number of hydrogen-bond donors (Lipinski definition) is 4. The highest BCUT2D eigenvalue weighted by atomic mass is 16.2. The lowest BCUT2D eigenvalue weighted by Crippen LogP contribution is -2.55. The topological polar surface area (TPSA) is 120 Å². The maximum absolute atomic E-state index is 14.0. The second kappa shape index (κ2) is 14.5. The fourth-order valence-electron chi connectivity index (χ4n) is 5.11. The quantitative estimate of drug-likeness (QED) is 0.175. The van der Waals surface area contributed by atoms with Crippen LogP contribution in [0.5, 0.6) is 0 Å². The molecule has 2 unspecified atom stereocenters. The summed E-state index contributed by atoms with van der Waals surface area (Å²) in [7, 11) is 1.68. The molecule has 41 heavy (non-hydrogen) atoms. The van der Waals surface area contributed by atoms with E-state index in [0.717, 1.165) is 45.6 Å². The molecular weight excluding hydrogens is 514 g/mol. The summed E-state index contributed by atoms with van der Waals surface area (Å²) in [5.41, 5.74) is 8.47. The molecule has 0 aliphatic carbocycles. The Kier molecular flexibility index (Phi) is 10.5. The fraction of sp³-hybridized carbons (Fsp3) is 0.364. The number of H-pyrrole nitrogens is 1. The van der Waals surface area contributed by atoms with Gasteiger partial charge in [0.05, 0.1) is 0 Å². The Labute approximate surface area is 241 Å². The molecule has 0 spiro atoms. The van der Waals surface area contributed by atoms with Gasteiger partial charge in [0.2, 0.25) is 17.7 Å². The number of fused-ring (bicyclic) bond motifs is 2. The lowest BCUT2D eigenvalue weighted by Gasteiger charge is -2.29. The predicted octanol–water partition coefficient (Wildman–Crippen LogP) is 4.07. The number of benzene rings is 3. The molecule has 8 heteroatoms. The van der Waals surface area contributed by atoms with Gasteiger partial charge in [-0.1, -0.05) is 74.0 Å². The van der Waals surface area contributed by atoms with Crippen LogP contribution in [0.15, 0.2) is 72.9 Å². The van der Waals surface area contributed by atoms with Crippen LogP contribution in [0.25, 0.3) is 21.7 Å². The maximum atomic E-state index is 14.0. The van der Waals surface area contributed by atoms with Gasteiger partial charge in [0.1, 0.15) is 12.1 Å². The number of carbonyl (C=O) groups excluding carboxylic acids is 3. The first-order chi connectivity index (χ1) is 19.9. The summed E-state index contributed by atoms with van der Waals surface area (Å²) in [6.45, 7) is 2.91. The Morgan fingerprint density at radius 2 is 1.68 bits per heavy atom. The summed E-state index contributed by atoms with van der Waals surface area (Å²) in [5, 5.41) is 9.10. The Hall–Kier alpha value is -4.17. The first-order valence-corrected chi connectivity index (χ1v) is 14.5. The predicted molar refractivity (Wildman–Crippen MR) is 164 cm³/mol. The number of amides is 3. The SMILES string of the molecule is CCCCC(=O)N(C)C(Cc1c[nH]c2ccccc12)C(=O)NC(Cc1ccc2ccccc2c1)C(=O)NCCCN. The van der Waals surface area contributed by atoms with Gasteiger partial charge in [-0.15, -0.1) is 0 Å². The van der Waals surface area contributed by atoms with Crippen LogP contribution in [-0.2, 0) is 27.2 Å². The summed E-state index contributed by atoms with van der Waals surface area (Å²) in [5.74, 6) is -0.724. The minimum atomic E-state index is -0.814. The normalized spacial score (nSPS) is 12.7. The molecule has 0 aliphatic heterocycles. The van der Waals surface area contributed by atoms with Crippen molar-refractivity contribution in [3.05, 3.63) is 84.1 Å². The summed E-state index contributed by atoms with van der Waals surface area (Å²) >= 11 is 0. The smallest absolute Gasteiger partial charge is 0.243 e. The number of nitrogens with one attached hydrogen (secondary N) is 3. The van der Waals surface area contributed by atoms with Crippen LogP contribution in [0, 0.1) is 0 Å². The molecule has 0 saturated carbocycles. The van der Waals surface area contributed by atoms with Crippen molar-refractivity contribution in [2.75, 3.05) is 20.1 Å². The van der Waals surface area contributed by atoms with Crippen LogP contribution < -0.4 is 16.4 Å². The van der Waals surface area contributed by atoms with Gasteiger partial charge in [0.25, 0.3) is 0 Å². The standard InChI is InChI=1S/C33H41N5O3/c1-3-4-14-31(39)38(2)30(21-26-22-36-28-13-8-7-12-27(26)28)33(41)37-29(32(40)35-18-9-17-34)20-23-15-16-24-10-5-6-11-25(24)19-23/h5-8,10-13,15-16,19,22,29-30,36H,3-4,9,14,17-18,20-21,34H2,1-2H3,(H,35,40)(H,37,41). The Morgan fingerprint density at radius 3 is 2.46 bits per heavy atom. The number of nitrogens with zero attached hydrogens (tertiary/aromatic N) is 1. The summed E-state index contributed by atoms with van der Waals surface area (Å²) in [6, 6.07) is 20.4. The van der Waals surface area contributed by atoms with E-state index in [9.17, 15) is 14.4 Å². The molecule has 0 aliphatic rings. The van der Waals surface area contributed by atoms with Crippen LogP contribution in [-0.4, -0.2) is 59.8 Å². The third kappa shape index (κ3) is 7.73. The highest BCUT2D eigenvalue weighted by Gasteiger charge is 2.31. The Morgan fingerprint density at radius 1 is 0.927 bits per heavy atom. The zero-order chi connectivity index (χ0) is 29.2. The van der Waals surface area contributed by atoms with E-state index in [-0.39, 0.29) is 17.7 Å². The fourth-order valence-corrected chi connectivity index (χ4v) is 5.11. The van der Waals surface area contributed by atoms with Gasteiger partial charge >= 0.3 is 0 Å². The van der Waals surface area contributed by atoms with E-state index in [1.165, 1.54) is 4.90 Å². The monoisotopic (exact) mass is 555 g/mol. The molecule has 3 amide bonds. The Bertz CT molecular complexity index is 1480. The van der Waals surface area contributed by atoms with E-state index in [1.807, 2.05) is 79.9 Å². The molecule has 216 valence electrons. The van der Waals surface area contributed by atoms with Gasteiger partial charge in [-0.25, -0.2) is 0 Å². The van der Waals surface area contributed by atoms with Crippen molar-refractivity contribution >= 4 is 39.4 Å². The third-order valence-corrected chi connectivity index (χ3v) is 7.56. The molecule has 0 radical (unpaired) electrons. The van der Waals surface area contributed by atoms with Gasteiger partial charge in [-0.05, 0) is 47.4 Å². The molecule has 0 saturated heterocycles. The highest BCUT2D eigenvalue weighted by molar-refractivity contribution is 5.93. The number of likely N-dealkylation sites (N-methyl/N-ethyl adjacent to an activating group) is 1. The first-order valence-electron chi connectivity index (χ1n) is 14.5. The summed E-state index contributed by atoms with van der Waals surface area (Å²) in [4.78, 5) is 45.2. The van der Waals surface area contributed by atoms with E-state index >= 15 is 0 Å². The van der Waals surface area contributed by atoms with Gasteiger partial charge < -0.3 is 26.3 Å². The molecule has 3 aromatic carbocycles. The van der Waals surface area contributed by atoms with E-state index < -0.39 is 12.1 Å². The molecule has 1 aromatic heterocycles. The number of aromatic nitrogens is 1. The molecule has 0 bridgehead atoms. The van der Waals surface area contributed by atoms with E-state index in [4.69, 9.17) is 5.73 Å². The summed E-state index contributed by atoms with van der Waals surface area (Å²) in [6.07, 6.45) is 5.17. The number of hydrogen-bond acceptors (Lipinski definition) is 4. The molecule has 4 rings (SSSR count). The Balaban J connectivity index is 1.60. The average molecular weight is 556 g/mol. The van der Waals surface area contributed by atoms with Crippen LogP contribution in [0.1, 0.15) is 43.7 Å². The van der Waals surface area contributed by atoms with Crippen molar-refractivity contribution in [3.63, 3.8) is 0 Å². The second-order valence-corrected chi connectivity index (χ2v) is 10.6. The maximum Gasteiger partial charge on any atom is 0.243 e. The number of aromatic amines is 1. The van der Waals surface area contributed by atoms with Gasteiger partial charge in [-0.2, -0.15) is 0 Å². The number of carbonyl (C=O) groups is 3. The molecular formula is C33H41N5O3. The third-order valence-electron chi connectivity index (χ3n) is 7.56. The van der Waals surface area contributed by atoms with E-state index in [1.54, 1.807) is 7.05 Å². The largest absolute Gasteiger partial charge is 0.361 e.